The van der Waals surface area contributed by atoms with E-state index < -0.39 is 0 Å². The first-order chi connectivity index (χ1) is 7.71. The fourth-order valence-corrected chi connectivity index (χ4v) is 1.19. The van der Waals surface area contributed by atoms with E-state index in [1.54, 1.807) is 32.4 Å². The van der Waals surface area contributed by atoms with Gasteiger partial charge in [-0.25, -0.2) is 0 Å². The molecule has 0 saturated heterocycles. The first-order valence-corrected chi connectivity index (χ1v) is 4.74. The van der Waals surface area contributed by atoms with Gasteiger partial charge in [0.15, 0.2) is 11.5 Å². The maximum atomic E-state index is 10.9. The van der Waals surface area contributed by atoms with Crippen LogP contribution in [0.25, 0.3) is 0 Å². The molecule has 0 aliphatic heterocycles. The van der Waals surface area contributed by atoms with Gasteiger partial charge in [0.1, 0.15) is 6.54 Å². The summed E-state index contributed by atoms with van der Waals surface area (Å²) in [5.74, 6) is 0.929. The third kappa shape index (κ3) is 3.05. The van der Waals surface area contributed by atoms with E-state index in [0.717, 1.165) is 5.69 Å². The van der Waals surface area contributed by atoms with Crippen molar-refractivity contribution in [3.8, 4) is 11.5 Å². The quantitative estimate of drug-likeness (QED) is 0.765. The Morgan fingerprint density at radius 1 is 1.19 bits per heavy atom. The molecule has 16 heavy (non-hydrogen) atoms. The zero-order valence-corrected chi connectivity index (χ0v) is 9.57. The summed E-state index contributed by atoms with van der Waals surface area (Å²) in [7, 11) is 4.47. The summed E-state index contributed by atoms with van der Waals surface area (Å²) in [4.78, 5) is 10.9. The van der Waals surface area contributed by atoms with E-state index in [1.165, 1.54) is 7.11 Å². The standard InChI is InChI=1S/C11H15NO4/c1-14-9-5-4-8(6-10(9)15-2)12-7-11(13)16-3/h4-6,12H,7H2,1-3H3. The van der Waals surface area contributed by atoms with Gasteiger partial charge in [-0.05, 0) is 12.1 Å². The monoisotopic (exact) mass is 225 g/mol. The summed E-state index contributed by atoms with van der Waals surface area (Å²) >= 11 is 0. The number of ether oxygens (including phenoxy) is 3. The second kappa shape index (κ2) is 5.85. The van der Waals surface area contributed by atoms with Crippen molar-refractivity contribution in [1.29, 1.82) is 0 Å². The molecule has 0 heterocycles. The molecule has 0 aromatic heterocycles. The van der Waals surface area contributed by atoms with Crippen LogP contribution in [0.1, 0.15) is 0 Å². The van der Waals surface area contributed by atoms with Gasteiger partial charge in [-0.15, -0.1) is 0 Å². The highest BCUT2D eigenvalue weighted by Gasteiger charge is 2.05. The molecule has 5 heteroatoms. The van der Waals surface area contributed by atoms with E-state index in [-0.39, 0.29) is 12.5 Å². The van der Waals surface area contributed by atoms with Gasteiger partial charge in [0.05, 0.1) is 21.3 Å². The number of carbonyl (C=O) groups excluding carboxylic acids is 1. The Kier molecular flexibility index (Phi) is 4.44. The minimum Gasteiger partial charge on any atom is -0.493 e. The van der Waals surface area contributed by atoms with Crippen LogP contribution in [0.15, 0.2) is 18.2 Å². The average molecular weight is 225 g/mol. The van der Waals surface area contributed by atoms with Gasteiger partial charge >= 0.3 is 5.97 Å². The highest BCUT2D eigenvalue weighted by atomic mass is 16.5. The lowest BCUT2D eigenvalue weighted by molar-refractivity contribution is -0.138. The Morgan fingerprint density at radius 2 is 1.88 bits per heavy atom. The summed E-state index contributed by atoms with van der Waals surface area (Å²) in [6.45, 7) is 0.117. The molecule has 1 N–H and O–H groups in total. The molecule has 0 bridgehead atoms. The Balaban J connectivity index is 2.71. The number of carbonyl (C=O) groups is 1. The molecule has 0 amide bonds. The van der Waals surface area contributed by atoms with E-state index in [2.05, 4.69) is 10.1 Å². The number of methoxy groups -OCH3 is 3. The van der Waals surface area contributed by atoms with Crippen molar-refractivity contribution in [2.24, 2.45) is 0 Å². The topological polar surface area (TPSA) is 56.8 Å². The largest absolute Gasteiger partial charge is 0.493 e. The molecule has 0 radical (unpaired) electrons. The number of hydrogen-bond donors (Lipinski definition) is 1. The van der Waals surface area contributed by atoms with Crippen molar-refractivity contribution < 1.29 is 19.0 Å². The van der Waals surface area contributed by atoms with Crippen LogP contribution in [0, 0.1) is 0 Å². The zero-order valence-electron chi connectivity index (χ0n) is 9.57. The van der Waals surface area contributed by atoms with Crippen LogP contribution < -0.4 is 14.8 Å². The van der Waals surface area contributed by atoms with Crippen LogP contribution in [-0.4, -0.2) is 33.8 Å². The normalized spacial score (nSPS) is 9.44. The van der Waals surface area contributed by atoms with Gasteiger partial charge in [0.2, 0.25) is 0 Å². The maximum Gasteiger partial charge on any atom is 0.325 e. The van der Waals surface area contributed by atoms with Gasteiger partial charge in [0, 0.05) is 11.8 Å². The fourth-order valence-electron chi connectivity index (χ4n) is 1.19. The van der Waals surface area contributed by atoms with Gasteiger partial charge in [-0.1, -0.05) is 0 Å². The van der Waals surface area contributed by atoms with E-state index in [4.69, 9.17) is 9.47 Å². The molecule has 88 valence electrons. The van der Waals surface area contributed by atoms with Crippen LogP contribution in [0.5, 0.6) is 11.5 Å². The number of rotatable bonds is 5. The molecule has 0 fully saturated rings. The Labute approximate surface area is 94.3 Å². The van der Waals surface area contributed by atoms with E-state index >= 15 is 0 Å². The van der Waals surface area contributed by atoms with Crippen molar-refractivity contribution in [2.45, 2.75) is 0 Å². The third-order valence-corrected chi connectivity index (χ3v) is 2.05. The van der Waals surface area contributed by atoms with E-state index in [0.29, 0.717) is 11.5 Å². The number of anilines is 1. The summed E-state index contributed by atoms with van der Waals surface area (Å²) in [5.41, 5.74) is 0.767. The van der Waals surface area contributed by atoms with Gasteiger partial charge < -0.3 is 19.5 Å². The van der Waals surface area contributed by atoms with Gasteiger partial charge in [0.25, 0.3) is 0 Å². The van der Waals surface area contributed by atoms with Crippen LogP contribution in [0.2, 0.25) is 0 Å². The minimum absolute atomic E-state index is 0.117. The second-order valence-corrected chi connectivity index (χ2v) is 3.00. The zero-order chi connectivity index (χ0) is 12.0. The Bertz CT molecular complexity index is 365. The lowest BCUT2D eigenvalue weighted by Gasteiger charge is -2.10. The predicted octanol–water partition coefficient (Wildman–Crippen LogP) is 1.29. The van der Waals surface area contributed by atoms with Gasteiger partial charge in [-0.3, -0.25) is 4.79 Å². The Hall–Kier alpha value is -1.91. The highest BCUT2D eigenvalue weighted by molar-refractivity contribution is 5.75. The third-order valence-electron chi connectivity index (χ3n) is 2.05. The van der Waals surface area contributed by atoms with Crippen LogP contribution in [-0.2, 0) is 9.53 Å². The van der Waals surface area contributed by atoms with Crippen LogP contribution >= 0.6 is 0 Å². The summed E-state index contributed by atoms with van der Waals surface area (Å²) < 4.78 is 14.7. The molecule has 0 saturated carbocycles. The SMILES string of the molecule is COC(=O)CNc1ccc(OC)c(OC)c1. The summed E-state index contributed by atoms with van der Waals surface area (Å²) in [6.07, 6.45) is 0. The van der Waals surface area contributed by atoms with Crippen molar-refractivity contribution in [3.63, 3.8) is 0 Å². The molecule has 0 aliphatic rings. The lowest BCUT2D eigenvalue weighted by Crippen LogP contribution is -2.14. The van der Waals surface area contributed by atoms with Crippen molar-refractivity contribution in [2.75, 3.05) is 33.2 Å². The molecule has 1 aromatic carbocycles. The number of nitrogens with one attached hydrogen (secondary N) is 1. The second-order valence-electron chi connectivity index (χ2n) is 3.00. The van der Waals surface area contributed by atoms with Gasteiger partial charge in [-0.2, -0.15) is 0 Å². The first-order valence-electron chi connectivity index (χ1n) is 4.74. The molecule has 0 spiro atoms. The van der Waals surface area contributed by atoms with E-state index in [1.807, 2.05) is 0 Å². The molecule has 0 aliphatic carbocycles. The average Bonchev–Trinajstić information content (AvgIpc) is 2.35. The number of hydrogen-bond acceptors (Lipinski definition) is 5. The number of benzene rings is 1. The maximum absolute atomic E-state index is 10.9. The number of esters is 1. The van der Waals surface area contributed by atoms with E-state index in [9.17, 15) is 4.79 Å². The fraction of sp³-hybridized carbons (Fsp3) is 0.364. The van der Waals surface area contributed by atoms with Crippen LogP contribution in [0.4, 0.5) is 5.69 Å². The molecular weight excluding hydrogens is 210 g/mol. The summed E-state index contributed by atoms with van der Waals surface area (Å²) in [6, 6.07) is 5.31. The molecule has 5 nitrogen and oxygen atoms in total. The highest BCUT2D eigenvalue weighted by Crippen LogP contribution is 2.29. The molecule has 1 rings (SSSR count). The smallest absolute Gasteiger partial charge is 0.325 e. The molecule has 1 aromatic rings. The Morgan fingerprint density at radius 3 is 2.44 bits per heavy atom. The minimum atomic E-state index is -0.324. The van der Waals surface area contributed by atoms with Crippen molar-refractivity contribution >= 4 is 11.7 Å². The summed E-state index contributed by atoms with van der Waals surface area (Å²) in [5, 5.41) is 2.91. The van der Waals surface area contributed by atoms with Crippen molar-refractivity contribution in [3.05, 3.63) is 18.2 Å². The van der Waals surface area contributed by atoms with Crippen molar-refractivity contribution in [1.82, 2.24) is 0 Å². The molecule has 0 unspecified atom stereocenters. The first kappa shape index (κ1) is 12.2. The molecule has 0 atom stereocenters. The predicted molar refractivity (Wildman–Crippen MR) is 60.1 cm³/mol. The lowest BCUT2D eigenvalue weighted by atomic mass is 10.2. The molecular formula is C11H15NO4. The van der Waals surface area contributed by atoms with Crippen LogP contribution in [0.3, 0.4) is 0 Å².